The lowest BCUT2D eigenvalue weighted by molar-refractivity contribution is 0.614. The molecule has 4 nitrogen and oxygen atoms in total. The molecule has 0 atom stereocenters. The molecule has 0 aliphatic carbocycles. The van der Waals surface area contributed by atoms with Gasteiger partial charge in [-0.2, -0.15) is 0 Å². The largest absolute Gasteiger partial charge is 0.383 e. The van der Waals surface area contributed by atoms with Crippen molar-refractivity contribution < 1.29 is 8.42 Å². The molecule has 2 N–H and O–H groups in total. The summed E-state index contributed by atoms with van der Waals surface area (Å²) in [5, 5.41) is 0. The number of nitrogens with two attached hydrogens (primary N) is 1. The molecule has 0 saturated carbocycles. The van der Waals surface area contributed by atoms with E-state index >= 15 is 0 Å². The molecule has 0 amide bonds. The maximum Gasteiger partial charge on any atom is 0.144 e. The molecule has 60 valence electrons. The summed E-state index contributed by atoms with van der Waals surface area (Å²) in [4.78, 5) is 3.74. The van der Waals surface area contributed by atoms with Crippen molar-refractivity contribution in [3.63, 3.8) is 0 Å². The molecule has 0 aromatic carbocycles. The highest BCUT2D eigenvalue weighted by Gasteiger charge is 1.98. The standard InChI is InChI=1S/C6H8N2O2S/c7-6-5(4-11(9)10)2-1-3-8-6/h1-3,11H,4H2,(H2,7,8). The van der Waals surface area contributed by atoms with Gasteiger partial charge in [-0.25, -0.2) is 13.4 Å². The van der Waals surface area contributed by atoms with Crippen molar-refractivity contribution in [1.82, 2.24) is 4.98 Å². The maximum absolute atomic E-state index is 10.3. The maximum atomic E-state index is 10.3. The summed E-state index contributed by atoms with van der Waals surface area (Å²) in [6, 6.07) is 3.30. The summed E-state index contributed by atoms with van der Waals surface area (Å²) in [5.74, 6) is 0.251. The molecule has 0 radical (unpaired) electrons. The van der Waals surface area contributed by atoms with Crippen molar-refractivity contribution in [3.8, 4) is 0 Å². The van der Waals surface area contributed by atoms with Crippen LogP contribution in [0.5, 0.6) is 0 Å². The number of thiol groups is 1. The van der Waals surface area contributed by atoms with Crippen LogP contribution < -0.4 is 5.73 Å². The fourth-order valence-electron chi connectivity index (χ4n) is 0.724. The van der Waals surface area contributed by atoms with E-state index in [9.17, 15) is 8.42 Å². The zero-order valence-corrected chi connectivity index (χ0v) is 6.62. The SMILES string of the molecule is Nc1ncccc1C[SH](=O)=O. The summed E-state index contributed by atoms with van der Waals surface area (Å²) < 4.78 is 20.5. The quantitative estimate of drug-likeness (QED) is 0.605. The third-order valence-corrected chi connectivity index (χ3v) is 1.82. The highest BCUT2D eigenvalue weighted by atomic mass is 32.2. The molecule has 1 heterocycles. The van der Waals surface area contributed by atoms with Crippen molar-refractivity contribution in [1.29, 1.82) is 0 Å². The third kappa shape index (κ3) is 2.19. The number of nitrogen functional groups attached to an aromatic ring is 1. The number of rotatable bonds is 2. The number of pyridine rings is 1. The zero-order chi connectivity index (χ0) is 8.27. The molecule has 1 aromatic rings. The number of hydrogen-bond donors (Lipinski definition) is 2. The molecule has 0 aliphatic rings. The number of aromatic nitrogens is 1. The Balaban J connectivity index is 2.94. The van der Waals surface area contributed by atoms with Crippen LogP contribution in [0.3, 0.4) is 0 Å². The van der Waals surface area contributed by atoms with Crippen LogP contribution in [0, 0.1) is 0 Å². The minimum absolute atomic E-state index is 0.0327. The van der Waals surface area contributed by atoms with Gasteiger partial charge in [-0.05, 0) is 6.07 Å². The van der Waals surface area contributed by atoms with E-state index in [0.29, 0.717) is 5.56 Å². The van der Waals surface area contributed by atoms with E-state index in [2.05, 4.69) is 4.98 Å². The van der Waals surface area contributed by atoms with Gasteiger partial charge in [0, 0.05) is 11.8 Å². The second-order valence-corrected chi connectivity index (χ2v) is 3.02. The van der Waals surface area contributed by atoms with Crippen LogP contribution in [0.15, 0.2) is 18.3 Å². The average Bonchev–Trinajstić information content (AvgIpc) is 1.93. The van der Waals surface area contributed by atoms with E-state index in [-0.39, 0.29) is 11.6 Å². The Morgan fingerprint density at radius 1 is 1.55 bits per heavy atom. The summed E-state index contributed by atoms with van der Waals surface area (Å²) in [6.45, 7) is 0. The van der Waals surface area contributed by atoms with Crippen molar-refractivity contribution >= 4 is 16.5 Å². The topological polar surface area (TPSA) is 73.0 Å². The van der Waals surface area contributed by atoms with E-state index in [1.807, 2.05) is 0 Å². The summed E-state index contributed by atoms with van der Waals surface area (Å²) in [6.07, 6.45) is 1.52. The molecule has 5 heteroatoms. The fraction of sp³-hybridized carbons (Fsp3) is 0.167. The van der Waals surface area contributed by atoms with Crippen molar-refractivity contribution in [2.24, 2.45) is 0 Å². The molecule has 0 unspecified atom stereocenters. The Kier molecular flexibility index (Phi) is 2.43. The van der Waals surface area contributed by atoms with Gasteiger partial charge < -0.3 is 5.73 Å². The molecule has 1 rings (SSSR count). The predicted molar refractivity (Wildman–Crippen MR) is 42.7 cm³/mol. The fourth-order valence-corrected chi connectivity index (χ4v) is 1.27. The summed E-state index contributed by atoms with van der Waals surface area (Å²) >= 11 is 0. The van der Waals surface area contributed by atoms with Crippen molar-refractivity contribution in [2.45, 2.75) is 5.75 Å². The highest BCUT2D eigenvalue weighted by Crippen LogP contribution is 2.06. The molecule has 0 saturated heterocycles. The molecule has 0 aliphatic heterocycles. The minimum Gasteiger partial charge on any atom is -0.383 e. The van der Waals surface area contributed by atoms with Gasteiger partial charge in [0.15, 0.2) is 0 Å². The van der Waals surface area contributed by atoms with E-state index < -0.39 is 10.7 Å². The van der Waals surface area contributed by atoms with Crippen LogP contribution in [0.4, 0.5) is 5.82 Å². The average molecular weight is 172 g/mol. The molecular weight excluding hydrogens is 164 g/mol. The lowest BCUT2D eigenvalue weighted by atomic mass is 10.3. The monoisotopic (exact) mass is 172 g/mol. The lowest BCUT2D eigenvalue weighted by Gasteiger charge is -1.97. The van der Waals surface area contributed by atoms with Crippen LogP contribution in [0.1, 0.15) is 5.56 Å². The van der Waals surface area contributed by atoms with Crippen LogP contribution in [-0.2, 0) is 16.5 Å². The second-order valence-electron chi connectivity index (χ2n) is 2.04. The van der Waals surface area contributed by atoms with Gasteiger partial charge in [0.2, 0.25) is 0 Å². The van der Waals surface area contributed by atoms with Gasteiger partial charge in [0.25, 0.3) is 0 Å². The van der Waals surface area contributed by atoms with Crippen molar-refractivity contribution in [2.75, 3.05) is 5.73 Å². The first-order valence-electron chi connectivity index (χ1n) is 3.01. The van der Waals surface area contributed by atoms with Crippen LogP contribution in [0.2, 0.25) is 0 Å². The van der Waals surface area contributed by atoms with E-state index in [1.54, 1.807) is 12.1 Å². The molecule has 11 heavy (non-hydrogen) atoms. The summed E-state index contributed by atoms with van der Waals surface area (Å²) in [5.41, 5.74) is 5.95. The summed E-state index contributed by atoms with van der Waals surface area (Å²) in [7, 11) is -2.41. The van der Waals surface area contributed by atoms with E-state index in [4.69, 9.17) is 5.73 Å². The molecular formula is C6H8N2O2S. The molecule has 1 aromatic heterocycles. The second kappa shape index (κ2) is 3.34. The van der Waals surface area contributed by atoms with Crippen LogP contribution in [-0.4, -0.2) is 13.4 Å². The van der Waals surface area contributed by atoms with Gasteiger partial charge in [0.05, 0.1) is 5.75 Å². The van der Waals surface area contributed by atoms with E-state index in [1.165, 1.54) is 6.20 Å². The van der Waals surface area contributed by atoms with Gasteiger partial charge >= 0.3 is 0 Å². The first-order chi connectivity index (χ1) is 5.20. The molecule has 0 fully saturated rings. The number of hydrogen-bond acceptors (Lipinski definition) is 4. The Hall–Kier alpha value is -1.10. The van der Waals surface area contributed by atoms with Crippen LogP contribution in [0.25, 0.3) is 0 Å². The Labute approximate surface area is 66.0 Å². The van der Waals surface area contributed by atoms with Gasteiger partial charge in [0.1, 0.15) is 16.5 Å². The Morgan fingerprint density at radius 2 is 2.27 bits per heavy atom. The normalized spacial score (nSPS) is 10.3. The van der Waals surface area contributed by atoms with Gasteiger partial charge in [-0.3, -0.25) is 0 Å². The number of nitrogens with zero attached hydrogens (tertiary/aromatic N) is 1. The minimum atomic E-state index is -2.41. The Morgan fingerprint density at radius 3 is 2.82 bits per heavy atom. The zero-order valence-electron chi connectivity index (χ0n) is 5.73. The van der Waals surface area contributed by atoms with E-state index in [0.717, 1.165) is 0 Å². The van der Waals surface area contributed by atoms with Crippen molar-refractivity contribution in [3.05, 3.63) is 23.9 Å². The lowest BCUT2D eigenvalue weighted by Crippen LogP contribution is -1.97. The predicted octanol–water partition coefficient (Wildman–Crippen LogP) is -0.225. The first-order valence-corrected chi connectivity index (χ1v) is 4.37. The first kappa shape index (κ1) is 8.00. The highest BCUT2D eigenvalue weighted by molar-refractivity contribution is 7.71. The Bertz CT molecular complexity index is 314. The molecule has 0 bridgehead atoms. The van der Waals surface area contributed by atoms with Gasteiger partial charge in [-0.1, -0.05) is 6.07 Å². The smallest absolute Gasteiger partial charge is 0.144 e. The van der Waals surface area contributed by atoms with Gasteiger partial charge in [-0.15, -0.1) is 0 Å². The van der Waals surface area contributed by atoms with Crippen LogP contribution >= 0.6 is 0 Å². The molecule has 0 spiro atoms. The third-order valence-electron chi connectivity index (χ3n) is 1.23. The number of anilines is 1.